The third-order valence-corrected chi connectivity index (χ3v) is 11.7. The molecule has 10 nitrogen and oxygen atoms in total. The predicted molar refractivity (Wildman–Crippen MR) is 145 cm³/mol. The summed E-state index contributed by atoms with van der Waals surface area (Å²) in [6.07, 6.45) is 10.2. The maximum Gasteiger partial charge on any atom is 0.318 e. The van der Waals surface area contributed by atoms with Gasteiger partial charge in [-0.2, -0.15) is 4.31 Å². The van der Waals surface area contributed by atoms with E-state index in [1.54, 1.807) is 0 Å². The molecule has 7 atom stereocenters. The number of piperazine rings is 2. The SMILES string of the molecule is CS(=O)(=O)N1CCN(c2ccc(N3CC4CCC(C3)N4C(=O)NC3[C@@H]4CC5C[C@H]3CC(O)(C5)C4)nc2)CC1. The lowest BCUT2D eigenvalue weighted by Crippen LogP contribution is -2.65. The van der Waals surface area contributed by atoms with Gasteiger partial charge in [0.25, 0.3) is 0 Å². The van der Waals surface area contributed by atoms with Crippen LogP contribution in [0, 0.1) is 17.8 Å². The van der Waals surface area contributed by atoms with Crippen LogP contribution in [0.4, 0.5) is 16.3 Å². The minimum atomic E-state index is -3.14. The average Bonchev–Trinajstić information content (AvgIpc) is 3.14. The number of pyridine rings is 1. The minimum Gasteiger partial charge on any atom is -0.390 e. The Labute approximate surface area is 225 Å². The van der Waals surface area contributed by atoms with E-state index in [0.29, 0.717) is 43.9 Å². The molecule has 4 heterocycles. The molecular weight excluding hydrogens is 504 g/mol. The number of hydrogen-bond donors (Lipinski definition) is 2. The first-order valence-corrected chi connectivity index (χ1v) is 16.2. The van der Waals surface area contributed by atoms with Crippen molar-refractivity contribution in [3.63, 3.8) is 0 Å². The van der Waals surface area contributed by atoms with Gasteiger partial charge in [-0.05, 0) is 74.8 Å². The highest BCUT2D eigenvalue weighted by atomic mass is 32.2. The first-order chi connectivity index (χ1) is 18.1. The fraction of sp³-hybridized carbons (Fsp3) is 0.778. The molecule has 7 aliphatic rings. The number of nitrogens with one attached hydrogen (secondary N) is 1. The number of carbonyl (C=O) groups excluding carboxylic acids is 1. The number of carbonyl (C=O) groups is 1. The second-order valence-electron chi connectivity index (χ2n) is 12.9. The van der Waals surface area contributed by atoms with Crippen LogP contribution in [0.5, 0.6) is 0 Å². The highest BCUT2D eigenvalue weighted by molar-refractivity contribution is 7.88. The van der Waals surface area contributed by atoms with Crippen molar-refractivity contribution in [2.45, 2.75) is 68.7 Å². The van der Waals surface area contributed by atoms with Crippen molar-refractivity contribution in [1.82, 2.24) is 19.5 Å². The molecule has 4 saturated carbocycles. The molecule has 0 aromatic carbocycles. The van der Waals surface area contributed by atoms with Crippen LogP contribution in [-0.4, -0.2) is 103 Å². The number of rotatable bonds is 4. The molecule has 0 radical (unpaired) electrons. The van der Waals surface area contributed by atoms with E-state index in [0.717, 1.165) is 69.5 Å². The maximum atomic E-state index is 13.6. The van der Waals surface area contributed by atoms with E-state index in [9.17, 15) is 18.3 Å². The summed E-state index contributed by atoms with van der Waals surface area (Å²) in [4.78, 5) is 24.9. The first kappa shape index (κ1) is 24.9. The van der Waals surface area contributed by atoms with Gasteiger partial charge in [0, 0.05) is 45.3 Å². The average molecular weight is 545 g/mol. The van der Waals surface area contributed by atoms with Crippen LogP contribution in [0.3, 0.4) is 0 Å². The molecule has 0 spiro atoms. The Hall–Kier alpha value is -2.11. The lowest BCUT2D eigenvalue weighted by Gasteiger charge is -2.58. The molecule has 1 aromatic rings. The Kier molecular flexibility index (Phi) is 5.87. The first-order valence-electron chi connectivity index (χ1n) is 14.4. The largest absolute Gasteiger partial charge is 0.390 e. The van der Waals surface area contributed by atoms with Crippen LogP contribution in [-0.2, 0) is 10.0 Å². The molecule has 208 valence electrons. The van der Waals surface area contributed by atoms with Crippen molar-refractivity contribution in [3.8, 4) is 0 Å². The highest BCUT2D eigenvalue weighted by Crippen LogP contribution is 2.55. The van der Waals surface area contributed by atoms with Gasteiger partial charge in [-0.15, -0.1) is 0 Å². The Balaban J connectivity index is 0.969. The van der Waals surface area contributed by atoms with E-state index < -0.39 is 15.6 Å². The Bertz CT molecular complexity index is 1160. The van der Waals surface area contributed by atoms with Gasteiger partial charge in [0.05, 0.1) is 35.8 Å². The summed E-state index contributed by atoms with van der Waals surface area (Å²) < 4.78 is 25.1. The van der Waals surface area contributed by atoms with Crippen LogP contribution >= 0.6 is 0 Å². The molecule has 7 fully saturated rings. The van der Waals surface area contributed by atoms with Crippen LogP contribution in [0.1, 0.15) is 44.9 Å². The van der Waals surface area contributed by atoms with Gasteiger partial charge in [0.2, 0.25) is 10.0 Å². The zero-order valence-corrected chi connectivity index (χ0v) is 23.0. The van der Waals surface area contributed by atoms with Crippen molar-refractivity contribution in [2.75, 3.05) is 55.3 Å². The van der Waals surface area contributed by atoms with Gasteiger partial charge in [0.1, 0.15) is 5.82 Å². The van der Waals surface area contributed by atoms with Crippen LogP contribution in [0.15, 0.2) is 18.3 Å². The zero-order valence-electron chi connectivity index (χ0n) is 22.2. The maximum absolute atomic E-state index is 13.6. The van der Waals surface area contributed by atoms with E-state index in [4.69, 9.17) is 4.98 Å². The van der Waals surface area contributed by atoms with E-state index in [-0.39, 0.29) is 24.2 Å². The van der Waals surface area contributed by atoms with Crippen molar-refractivity contribution >= 4 is 27.6 Å². The number of amides is 2. The van der Waals surface area contributed by atoms with Gasteiger partial charge in [-0.1, -0.05) is 0 Å². The standard InChI is InChI=1S/C27H40N6O4S/c1-38(36,37)32-8-6-30(7-9-32)21-4-5-24(28-15-21)31-16-22-2-3-23(17-31)33(22)26(34)29-25-19-10-18-11-20(25)14-27(35,12-18)13-19/h4-5,15,18-20,22-23,25,35H,2-3,6-14,16-17H2,1H3,(H,29,34)/t18?,19-,20+,22?,23?,25?,27?. The minimum absolute atomic E-state index is 0.0955. The Morgan fingerprint density at radius 2 is 1.66 bits per heavy atom. The Morgan fingerprint density at radius 3 is 2.21 bits per heavy atom. The van der Waals surface area contributed by atoms with Gasteiger partial charge >= 0.3 is 6.03 Å². The molecule has 4 aliphatic carbocycles. The number of sulfonamides is 1. The second kappa shape index (κ2) is 8.96. The monoisotopic (exact) mass is 544 g/mol. The molecule has 6 bridgehead atoms. The van der Waals surface area contributed by atoms with Gasteiger partial charge in [-0.25, -0.2) is 18.2 Å². The molecule has 3 aliphatic heterocycles. The van der Waals surface area contributed by atoms with Gasteiger partial charge in [0.15, 0.2) is 0 Å². The van der Waals surface area contributed by atoms with Crippen LogP contribution in [0.2, 0.25) is 0 Å². The second-order valence-corrected chi connectivity index (χ2v) is 14.9. The topological polar surface area (TPSA) is 109 Å². The summed E-state index contributed by atoms with van der Waals surface area (Å²) in [7, 11) is -3.14. The summed E-state index contributed by atoms with van der Waals surface area (Å²) in [6, 6.07) is 4.84. The summed E-state index contributed by atoms with van der Waals surface area (Å²) in [5.41, 5.74) is 0.540. The lowest BCUT2D eigenvalue weighted by atomic mass is 9.52. The van der Waals surface area contributed by atoms with Crippen molar-refractivity contribution in [3.05, 3.63) is 18.3 Å². The molecule has 38 heavy (non-hydrogen) atoms. The molecule has 11 heteroatoms. The summed E-state index contributed by atoms with van der Waals surface area (Å²) in [5, 5.41) is 14.4. The normalized spacial score (nSPS) is 38.6. The highest BCUT2D eigenvalue weighted by Gasteiger charge is 2.55. The van der Waals surface area contributed by atoms with E-state index in [1.165, 1.54) is 10.6 Å². The number of aliphatic hydroxyl groups is 1. The summed E-state index contributed by atoms with van der Waals surface area (Å²) >= 11 is 0. The molecule has 2 amide bonds. The number of aromatic nitrogens is 1. The fourth-order valence-electron chi connectivity index (χ4n) is 8.89. The van der Waals surface area contributed by atoms with Gasteiger partial charge in [-0.3, -0.25) is 0 Å². The van der Waals surface area contributed by atoms with E-state index in [1.807, 2.05) is 6.20 Å². The number of fused-ring (bicyclic) bond motifs is 2. The third kappa shape index (κ3) is 4.34. The van der Waals surface area contributed by atoms with Crippen molar-refractivity contribution in [2.24, 2.45) is 17.8 Å². The zero-order chi connectivity index (χ0) is 26.2. The molecule has 2 N–H and O–H groups in total. The van der Waals surface area contributed by atoms with Crippen molar-refractivity contribution in [1.29, 1.82) is 0 Å². The molecule has 1 aromatic heterocycles. The fourth-order valence-corrected chi connectivity index (χ4v) is 9.71. The molecule has 3 saturated heterocycles. The smallest absolute Gasteiger partial charge is 0.318 e. The lowest BCUT2D eigenvalue weighted by molar-refractivity contribution is -0.137. The number of anilines is 2. The quantitative estimate of drug-likeness (QED) is 0.591. The van der Waals surface area contributed by atoms with Crippen molar-refractivity contribution < 1.29 is 18.3 Å². The summed E-state index contributed by atoms with van der Waals surface area (Å²) in [6.45, 7) is 3.91. The molecule has 5 unspecified atom stereocenters. The van der Waals surface area contributed by atoms with Crippen LogP contribution < -0.4 is 15.1 Å². The summed E-state index contributed by atoms with van der Waals surface area (Å²) in [5.74, 6) is 2.42. The predicted octanol–water partition coefficient (Wildman–Crippen LogP) is 1.47. The van der Waals surface area contributed by atoms with Crippen LogP contribution in [0.25, 0.3) is 0 Å². The number of hydrogen-bond acceptors (Lipinski definition) is 7. The van der Waals surface area contributed by atoms with E-state index in [2.05, 4.69) is 32.1 Å². The number of urea groups is 1. The third-order valence-electron chi connectivity index (χ3n) is 10.4. The molecule has 8 rings (SSSR count). The van der Waals surface area contributed by atoms with E-state index >= 15 is 0 Å². The Morgan fingerprint density at radius 1 is 1.00 bits per heavy atom. The van der Waals surface area contributed by atoms with Gasteiger partial charge < -0.3 is 25.1 Å². The molecular formula is C27H40N6O4S. The number of nitrogens with zero attached hydrogens (tertiary/aromatic N) is 5.